The molecule has 1 aliphatic heterocycles. The Labute approximate surface area is 189 Å². The largest absolute Gasteiger partial charge is 0.497 e. The van der Waals surface area contributed by atoms with Gasteiger partial charge in [-0.25, -0.2) is 4.90 Å². The predicted molar refractivity (Wildman–Crippen MR) is 122 cm³/mol. The van der Waals surface area contributed by atoms with E-state index in [4.69, 9.17) is 4.74 Å². The molecule has 0 spiro atoms. The molecular weight excluding hydrogens is 404 g/mol. The standard InChI is InChI=1S/C26H30N2O4/c1-32-22-14-12-21(13-15-22)28-24(29)18-23(26(28)31)27(17-16-19-8-4-2-5-9-19)25(30)20-10-6-3-7-11-20/h2,4-5,8-9,12-15,20,23H,3,6-7,10-11,16-18H2,1H3. The van der Waals surface area contributed by atoms with Crippen LogP contribution in [-0.4, -0.2) is 42.3 Å². The molecule has 0 bridgehead atoms. The summed E-state index contributed by atoms with van der Waals surface area (Å²) in [5.74, 6) is 0.0193. The van der Waals surface area contributed by atoms with Gasteiger partial charge in [0.15, 0.2) is 0 Å². The molecule has 2 aliphatic rings. The van der Waals surface area contributed by atoms with Gasteiger partial charge in [0, 0.05) is 12.5 Å². The Morgan fingerprint density at radius 3 is 2.34 bits per heavy atom. The number of hydrogen-bond acceptors (Lipinski definition) is 4. The summed E-state index contributed by atoms with van der Waals surface area (Å²) in [6.45, 7) is 0.430. The van der Waals surface area contributed by atoms with Crippen molar-refractivity contribution in [2.75, 3.05) is 18.6 Å². The molecule has 1 aliphatic carbocycles. The molecule has 1 unspecified atom stereocenters. The van der Waals surface area contributed by atoms with Gasteiger partial charge < -0.3 is 9.64 Å². The van der Waals surface area contributed by atoms with Gasteiger partial charge in [-0.2, -0.15) is 0 Å². The molecule has 168 valence electrons. The number of ether oxygens (including phenoxy) is 1. The Kier molecular flexibility index (Phi) is 6.88. The summed E-state index contributed by atoms with van der Waals surface area (Å²) in [5, 5.41) is 0. The van der Waals surface area contributed by atoms with Crippen molar-refractivity contribution >= 4 is 23.4 Å². The van der Waals surface area contributed by atoms with Crippen molar-refractivity contribution in [3.63, 3.8) is 0 Å². The normalized spacial score (nSPS) is 19.3. The maximum Gasteiger partial charge on any atom is 0.257 e. The van der Waals surface area contributed by atoms with E-state index in [1.54, 1.807) is 36.3 Å². The summed E-state index contributed by atoms with van der Waals surface area (Å²) < 4.78 is 5.18. The minimum Gasteiger partial charge on any atom is -0.497 e. The molecular formula is C26H30N2O4. The maximum atomic E-state index is 13.5. The summed E-state index contributed by atoms with van der Waals surface area (Å²) in [5.41, 5.74) is 1.62. The zero-order chi connectivity index (χ0) is 22.5. The van der Waals surface area contributed by atoms with Gasteiger partial charge in [0.1, 0.15) is 11.8 Å². The van der Waals surface area contributed by atoms with Crippen molar-refractivity contribution in [3.8, 4) is 5.75 Å². The lowest BCUT2D eigenvalue weighted by molar-refractivity contribution is -0.142. The second-order valence-corrected chi connectivity index (χ2v) is 8.59. The number of carbonyl (C=O) groups is 3. The number of carbonyl (C=O) groups excluding carboxylic acids is 3. The third kappa shape index (κ3) is 4.69. The molecule has 3 amide bonds. The first-order valence-corrected chi connectivity index (χ1v) is 11.4. The Morgan fingerprint density at radius 1 is 1.00 bits per heavy atom. The Bertz CT molecular complexity index is 952. The van der Waals surface area contributed by atoms with Crippen LogP contribution in [0, 0.1) is 5.92 Å². The molecule has 32 heavy (non-hydrogen) atoms. The number of nitrogens with zero attached hydrogens (tertiary/aromatic N) is 2. The molecule has 1 heterocycles. The van der Waals surface area contributed by atoms with Crippen molar-refractivity contribution in [3.05, 3.63) is 60.2 Å². The number of hydrogen-bond donors (Lipinski definition) is 0. The second kappa shape index (κ2) is 9.98. The van der Waals surface area contributed by atoms with E-state index in [2.05, 4.69) is 0 Å². The highest BCUT2D eigenvalue weighted by molar-refractivity contribution is 6.23. The molecule has 6 nitrogen and oxygen atoms in total. The second-order valence-electron chi connectivity index (χ2n) is 8.59. The average Bonchev–Trinajstić information content (AvgIpc) is 3.14. The van der Waals surface area contributed by atoms with Gasteiger partial charge in [-0.3, -0.25) is 14.4 Å². The quantitative estimate of drug-likeness (QED) is 0.619. The zero-order valence-corrected chi connectivity index (χ0v) is 18.5. The lowest BCUT2D eigenvalue weighted by Crippen LogP contribution is -2.48. The van der Waals surface area contributed by atoms with E-state index in [0.29, 0.717) is 24.4 Å². The Balaban J connectivity index is 1.56. The van der Waals surface area contributed by atoms with E-state index in [0.717, 1.165) is 37.7 Å². The van der Waals surface area contributed by atoms with Crippen LogP contribution in [0.25, 0.3) is 0 Å². The average molecular weight is 435 g/mol. The van der Waals surface area contributed by atoms with E-state index in [9.17, 15) is 14.4 Å². The van der Waals surface area contributed by atoms with E-state index in [1.165, 1.54) is 4.90 Å². The lowest BCUT2D eigenvalue weighted by Gasteiger charge is -2.32. The molecule has 0 radical (unpaired) electrons. The Morgan fingerprint density at radius 2 is 1.69 bits per heavy atom. The van der Waals surface area contributed by atoms with Crippen LogP contribution in [0.4, 0.5) is 5.69 Å². The first kappa shape index (κ1) is 22.1. The Hall–Kier alpha value is -3.15. The van der Waals surface area contributed by atoms with Gasteiger partial charge >= 0.3 is 0 Å². The minimum atomic E-state index is -0.747. The zero-order valence-electron chi connectivity index (χ0n) is 18.5. The number of imide groups is 1. The smallest absolute Gasteiger partial charge is 0.257 e. The van der Waals surface area contributed by atoms with E-state index < -0.39 is 6.04 Å². The van der Waals surface area contributed by atoms with Crippen LogP contribution < -0.4 is 9.64 Å². The molecule has 1 atom stereocenters. The molecule has 1 saturated carbocycles. The monoisotopic (exact) mass is 434 g/mol. The summed E-state index contributed by atoms with van der Waals surface area (Å²) >= 11 is 0. The van der Waals surface area contributed by atoms with E-state index in [-0.39, 0.29) is 30.1 Å². The molecule has 1 saturated heterocycles. The van der Waals surface area contributed by atoms with Gasteiger partial charge in [-0.1, -0.05) is 49.6 Å². The van der Waals surface area contributed by atoms with Crippen molar-refractivity contribution in [2.45, 2.75) is 51.0 Å². The van der Waals surface area contributed by atoms with Gasteiger partial charge in [-0.05, 0) is 49.1 Å². The fourth-order valence-electron chi connectivity index (χ4n) is 4.76. The molecule has 6 heteroatoms. The van der Waals surface area contributed by atoms with Crippen LogP contribution in [0.15, 0.2) is 54.6 Å². The number of methoxy groups -OCH3 is 1. The van der Waals surface area contributed by atoms with Crippen molar-refractivity contribution < 1.29 is 19.1 Å². The third-order valence-corrected chi connectivity index (χ3v) is 6.55. The summed E-state index contributed by atoms with van der Waals surface area (Å²) in [6, 6.07) is 16.1. The number of rotatable bonds is 7. The molecule has 2 fully saturated rings. The number of amides is 3. The first-order valence-electron chi connectivity index (χ1n) is 11.4. The highest BCUT2D eigenvalue weighted by atomic mass is 16.5. The SMILES string of the molecule is COc1ccc(N2C(=O)CC(N(CCc3ccccc3)C(=O)C3CCCCC3)C2=O)cc1. The minimum absolute atomic E-state index is 0.0170. The fourth-order valence-corrected chi connectivity index (χ4v) is 4.76. The van der Waals surface area contributed by atoms with Crippen LogP contribution >= 0.6 is 0 Å². The van der Waals surface area contributed by atoms with Crippen molar-refractivity contribution in [1.82, 2.24) is 4.90 Å². The van der Waals surface area contributed by atoms with Crippen LogP contribution in [0.1, 0.15) is 44.1 Å². The van der Waals surface area contributed by atoms with Gasteiger partial charge in [0.25, 0.3) is 5.91 Å². The predicted octanol–water partition coefficient (Wildman–Crippen LogP) is 3.98. The van der Waals surface area contributed by atoms with Crippen molar-refractivity contribution in [2.24, 2.45) is 5.92 Å². The highest BCUT2D eigenvalue weighted by Crippen LogP contribution is 2.31. The molecule has 4 rings (SSSR count). The van der Waals surface area contributed by atoms with Gasteiger partial charge in [0.05, 0.1) is 19.2 Å². The molecule has 0 aromatic heterocycles. The fraction of sp³-hybridized carbons (Fsp3) is 0.423. The summed E-state index contributed by atoms with van der Waals surface area (Å²) in [7, 11) is 1.57. The van der Waals surface area contributed by atoms with E-state index >= 15 is 0 Å². The molecule has 2 aromatic carbocycles. The topological polar surface area (TPSA) is 66.9 Å². The van der Waals surface area contributed by atoms with Crippen molar-refractivity contribution in [1.29, 1.82) is 0 Å². The number of benzene rings is 2. The lowest BCUT2D eigenvalue weighted by atomic mass is 9.87. The van der Waals surface area contributed by atoms with Gasteiger partial charge in [-0.15, -0.1) is 0 Å². The molecule has 2 aromatic rings. The number of anilines is 1. The first-order chi connectivity index (χ1) is 15.6. The summed E-state index contributed by atoms with van der Waals surface area (Å²) in [6.07, 6.45) is 5.63. The van der Waals surface area contributed by atoms with Crippen LogP contribution in [0.3, 0.4) is 0 Å². The summed E-state index contributed by atoms with van der Waals surface area (Å²) in [4.78, 5) is 42.7. The van der Waals surface area contributed by atoms with Crippen LogP contribution in [0.5, 0.6) is 5.75 Å². The highest BCUT2D eigenvalue weighted by Gasteiger charge is 2.45. The third-order valence-electron chi connectivity index (χ3n) is 6.55. The maximum absolute atomic E-state index is 13.5. The van der Waals surface area contributed by atoms with Crippen LogP contribution in [-0.2, 0) is 20.8 Å². The van der Waals surface area contributed by atoms with E-state index in [1.807, 2.05) is 30.3 Å². The molecule has 0 N–H and O–H groups in total. The van der Waals surface area contributed by atoms with Gasteiger partial charge in [0.2, 0.25) is 11.8 Å². The van der Waals surface area contributed by atoms with Crippen LogP contribution in [0.2, 0.25) is 0 Å².